The molecule has 0 atom stereocenters. The Bertz CT molecular complexity index is 505. The van der Waals surface area contributed by atoms with Crippen LogP contribution < -0.4 is 4.72 Å². The van der Waals surface area contributed by atoms with Gasteiger partial charge in [0, 0.05) is 25.4 Å². The van der Waals surface area contributed by atoms with Crippen LogP contribution in [0.4, 0.5) is 5.69 Å². The van der Waals surface area contributed by atoms with Gasteiger partial charge in [-0.3, -0.25) is 4.72 Å². The van der Waals surface area contributed by atoms with Gasteiger partial charge in [-0.1, -0.05) is 17.7 Å². The standard InChI is InChI=1S/C13H20N2O3S/c1-11-2-4-13(5-3-11)14-19(17,18)15-8-6-12(10-16)7-9-15/h2-5,12,14,16H,6-10H2,1H3. The number of aliphatic hydroxyl groups excluding tert-OH is 1. The van der Waals surface area contributed by atoms with Crippen molar-refractivity contribution in [3.63, 3.8) is 0 Å². The third-order valence-electron chi connectivity index (χ3n) is 3.47. The summed E-state index contributed by atoms with van der Waals surface area (Å²) >= 11 is 0. The smallest absolute Gasteiger partial charge is 0.301 e. The number of rotatable bonds is 4. The second-order valence-electron chi connectivity index (χ2n) is 5.00. The molecular formula is C13H20N2O3S. The van der Waals surface area contributed by atoms with E-state index in [0.29, 0.717) is 31.6 Å². The van der Waals surface area contributed by atoms with Gasteiger partial charge in [-0.2, -0.15) is 12.7 Å². The van der Waals surface area contributed by atoms with E-state index < -0.39 is 10.2 Å². The molecule has 0 spiro atoms. The summed E-state index contributed by atoms with van der Waals surface area (Å²) in [5.41, 5.74) is 1.67. The Morgan fingerprint density at radius 3 is 2.37 bits per heavy atom. The lowest BCUT2D eigenvalue weighted by Gasteiger charge is -2.30. The average Bonchev–Trinajstić information content (AvgIpc) is 2.41. The molecule has 0 aliphatic carbocycles. The molecule has 5 nitrogen and oxygen atoms in total. The molecule has 2 N–H and O–H groups in total. The molecule has 106 valence electrons. The molecule has 1 aromatic carbocycles. The van der Waals surface area contributed by atoms with Crippen molar-refractivity contribution in [2.75, 3.05) is 24.4 Å². The summed E-state index contributed by atoms with van der Waals surface area (Å²) in [4.78, 5) is 0. The molecule has 0 aromatic heterocycles. The van der Waals surface area contributed by atoms with Crippen molar-refractivity contribution >= 4 is 15.9 Å². The molecule has 0 amide bonds. The number of aliphatic hydroxyl groups is 1. The Morgan fingerprint density at radius 1 is 1.26 bits per heavy atom. The maximum absolute atomic E-state index is 12.2. The Balaban J connectivity index is 2.01. The molecule has 6 heteroatoms. The quantitative estimate of drug-likeness (QED) is 0.877. The number of hydrogen-bond acceptors (Lipinski definition) is 3. The lowest BCUT2D eigenvalue weighted by Crippen LogP contribution is -2.42. The highest BCUT2D eigenvalue weighted by Crippen LogP contribution is 2.20. The van der Waals surface area contributed by atoms with Crippen LogP contribution in [0.15, 0.2) is 24.3 Å². The van der Waals surface area contributed by atoms with E-state index in [9.17, 15) is 8.42 Å². The predicted octanol–water partition coefficient (Wildman–Crippen LogP) is 1.36. The zero-order chi connectivity index (χ0) is 13.9. The van der Waals surface area contributed by atoms with Crippen molar-refractivity contribution < 1.29 is 13.5 Å². The molecule has 1 saturated heterocycles. The highest BCUT2D eigenvalue weighted by molar-refractivity contribution is 7.90. The minimum atomic E-state index is -3.48. The zero-order valence-electron chi connectivity index (χ0n) is 11.0. The van der Waals surface area contributed by atoms with E-state index in [1.165, 1.54) is 4.31 Å². The van der Waals surface area contributed by atoms with Gasteiger partial charge in [0.05, 0.1) is 0 Å². The van der Waals surface area contributed by atoms with E-state index in [-0.39, 0.29) is 12.5 Å². The molecule has 0 radical (unpaired) electrons. The highest BCUT2D eigenvalue weighted by atomic mass is 32.2. The van der Waals surface area contributed by atoms with Crippen molar-refractivity contribution in [3.8, 4) is 0 Å². The molecule has 1 heterocycles. The van der Waals surface area contributed by atoms with E-state index >= 15 is 0 Å². The normalized spacial score (nSPS) is 18.4. The van der Waals surface area contributed by atoms with Crippen molar-refractivity contribution in [1.29, 1.82) is 0 Å². The second kappa shape index (κ2) is 5.90. The number of piperidine rings is 1. The van der Waals surface area contributed by atoms with Gasteiger partial charge in [0.1, 0.15) is 0 Å². The van der Waals surface area contributed by atoms with Crippen LogP contribution in [0, 0.1) is 12.8 Å². The molecule has 0 saturated carbocycles. The average molecular weight is 284 g/mol. The van der Waals surface area contributed by atoms with E-state index in [4.69, 9.17) is 5.11 Å². The lowest BCUT2D eigenvalue weighted by molar-refractivity contribution is 0.170. The van der Waals surface area contributed by atoms with Crippen molar-refractivity contribution in [3.05, 3.63) is 29.8 Å². The largest absolute Gasteiger partial charge is 0.396 e. The number of nitrogens with one attached hydrogen (secondary N) is 1. The van der Waals surface area contributed by atoms with E-state index in [0.717, 1.165) is 5.56 Å². The summed E-state index contributed by atoms with van der Waals surface area (Å²) < 4.78 is 28.4. The topological polar surface area (TPSA) is 69.6 Å². The summed E-state index contributed by atoms with van der Waals surface area (Å²) in [6.45, 7) is 3.02. The molecule has 0 bridgehead atoms. The van der Waals surface area contributed by atoms with Gasteiger partial charge in [0.25, 0.3) is 0 Å². The lowest BCUT2D eigenvalue weighted by atomic mass is 10.00. The highest BCUT2D eigenvalue weighted by Gasteiger charge is 2.27. The van der Waals surface area contributed by atoms with Crippen molar-refractivity contribution in [1.82, 2.24) is 4.31 Å². The molecule has 1 aromatic rings. The number of anilines is 1. The van der Waals surface area contributed by atoms with Crippen LogP contribution >= 0.6 is 0 Å². The van der Waals surface area contributed by atoms with Crippen LogP contribution in [0.1, 0.15) is 18.4 Å². The zero-order valence-corrected chi connectivity index (χ0v) is 11.9. The number of benzene rings is 1. The fourth-order valence-corrected chi connectivity index (χ4v) is 3.42. The molecule has 1 fully saturated rings. The maximum Gasteiger partial charge on any atom is 0.301 e. The van der Waals surface area contributed by atoms with Gasteiger partial charge in [0.2, 0.25) is 0 Å². The van der Waals surface area contributed by atoms with E-state index in [2.05, 4.69) is 4.72 Å². The minimum absolute atomic E-state index is 0.138. The third-order valence-corrected chi connectivity index (χ3v) is 5.01. The number of aryl methyl sites for hydroxylation is 1. The molecule has 19 heavy (non-hydrogen) atoms. The molecule has 0 unspecified atom stereocenters. The van der Waals surface area contributed by atoms with Gasteiger partial charge in [-0.25, -0.2) is 0 Å². The Labute approximate surface area is 114 Å². The summed E-state index contributed by atoms with van der Waals surface area (Å²) in [5.74, 6) is 0.228. The molecule has 2 rings (SSSR count). The van der Waals surface area contributed by atoms with Crippen LogP contribution in [-0.2, 0) is 10.2 Å². The third kappa shape index (κ3) is 3.68. The first-order valence-electron chi connectivity index (χ1n) is 6.46. The van der Waals surface area contributed by atoms with Crippen LogP contribution in [0.3, 0.4) is 0 Å². The number of nitrogens with zero attached hydrogens (tertiary/aromatic N) is 1. The Kier molecular flexibility index (Phi) is 4.44. The summed E-state index contributed by atoms with van der Waals surface area (Å²) in [6, 6.07) is 7.26. The summed E-state index contributed by atoms with van der Waals surface area (Å²) in [7, 11) is -3.48. The first-order chi connectivity index (χ1) is 9.01. The van der Waals surface area contributed by atoms with Crippen LogP contribution in [0.25, 0.3) is 0 Å². The first kappa shape index (κ1) is 14.3. The molecular weight excluding hydrogens is 264 g/mol. The first-order valence-corrected chi connectivity index (χ1v) is 7.90. The van der Waals surface area contributed by atoms with Gasteiger partial charge in [-0.15, -0.1) is 0 Å². The van der Waals surface area contributed by atoms with Gasteiger partial charge in [0.15, 0.2) is 0 Å². The van der Waals surface area contributed by atoms with Crippen molar-refractivity contribution in [2.24, 2.45) is 5.92 Å². The summed E-state index contributed by atoms with van der Waals surface area (Å²) in [6.07, 6.45) is 1.43. The van der Waals surface area contributed by atoms with Crippen LogP contribution in [0.5, 0.6) is 0 Å². The molecule has 1 aliphatic rings. The minimum Gasteiger partial charge on any atom is -0.396 e. The predicted molar refractivity (Wildman–Crippen MR) is 75.1 cm³/mol. The Morgan fingerprint density at radius 2 is 1.84 bits per heavy atom. The summed E-state index contributed by atoms with van der Waals surface area (Å²) in [5, 5.41) is 9.06. The SMILES string of the molecule is Cc1ccc(NS(=O)(=O)N2CCC(CO)CC2)cc1. The van der Waals surface area contributed by atoms with Gasteiger partial charge in [-0.05, 0) is 37.8 Å². The Hall–Kier alpha value is -1.11. The van der Waals surface area contributed by atoms with E-state index in [1.807, 2.05) is 19.1 Å². The van der Waals surface area contributed by atoms with Crippen LogP contribution in [0.2, 0.25) is 0 Å². The van der Waals surface area contributed by atoms with Gasteiger partial charge < -0.3 is 5.11 Å². The number of hydrogen-bond donors (Lipinski definition) is 2. The van der Waals surface area contributed by atoms with E-state index in [1.54, 1.807) is 12.1 Å². The van der Waals surface area contributed by atoms with Crippen LogP contribution in [-0.4, -0.2) is 37.5 Å². The maximum atomic E-state index is 12.2. The fraction of sp³-hybridized carbons (Fsp3) is 0.538. The van der Waals surface area contributed by atoms with Crippen molar-refractivity contribution in [2.45, 2.75) is 19.8 Å². The second-order valence-corrected chi connectivity index (χ2v) is 6.67. The fourth-order valence-electron chi connectivity index (χ4n) is 2.17. The molecule has 1 aliphatic heterocycles. The van der Waals surface area contributed by atoms with Gasteiger partial charge >= 0.3 is 10.2 Å². The monoisotopic (exact) mass is 284 g/mol.